The second-order valence-electron chi connectivity index (χ2n) is 9.68. The lowest BCUT2D eigenvalue weighted by molar-refractivity contribution is -0.0853. The van der Waals surface area contributed by atoms with Crippen LogP contribution in [0.4, 0.5) is 0 Å². The third-order valence-corrected chi connectivity index (χ3v) is 7.37. The van der Waals surface area contributed by atoms with E-state index in [1.165, 1.54) is 43.2 Å². The smallest absolute Gasteiger partial charge is 0.162 e. The van der Waals surface area contributed by atoms with Gasteiger partial charge < -0.3 is 5.32 Å². The Bertz CT molecular complexity index is 1010. The van der Waals surface area contributed by atoms with Crippen LogP contribution in [0.25, 0.3) is 5.69 Å². The van der Waals surface area contributed by atoms with Crippen LogP contribution in [0.1, 0.15) is 49.7 Å². The molecule has 7 nitrogen and oxygen atoms in total. The zero-order valence-corrected chi connectivity index (χ0v) is 16.8. The summed E-state index contributed by atoms with van der Waals surface area (Å²) in [6, 6.07) is 8.46. The lowest BCUT2D eigenvalue weighted by atomic mass is 9.50. The van der Waals surface area contributed by atoms with Crippen molar-refractivity contribution in [3.63, 3.8) is 0 Å². The standard InChI is InChI=1S/C22H27N7/c1-16-3-2-4-20(5-16)28-13-19(12-25-28)11-23-21-7-17-6-18(8-21)10-22(9-17,14-21)29-26-15-24-27-29/h2-5,12-13,15,17-18,23H,6-11,14H2,1H3. The van der Waals surface area contributed by atoms with Crippen LogP contribution in [-0.2, 0) is 12.1 Å². The largest absolute Gasteiger partial charge is 0.307 e. The van der Waals surface area contributed by atoms with Gasteiger partial charge in [-0.2, -0.15) is 9.90 Å². The molecular weight excluding hydrogens is 362 g/mol. The fourth-order valence-electron chi connectivity index (χ4n) is 6.69. The Balaban J connectivity index is 1.22. The molecule has 150 valence electrons. The first kappa shape index (κ1) is 17.3. The first-order chi connectivity index (χ1) is 14.1. The molecule has 0 spiro atoms. The third kappa shape index (κ3) is 2.90. The van der Waals surface area contributed by atoms with Crippen LogP contribution >= 0.6 is 0 Å². The maximum atomic E-state index is 4.59. The lowest BCUT2D eigenvalue weighted by Crippen LogP contribution is -2.65. The van der Waals surface area contributed by atoms with Crippen LogP contribution < -0.4 is 5.32 Å². The van der Waals surface area contributed by atoms with Gasteiger partial charge in [0.2, 0.25) is 0 Å². The Morgan fingerprint density at radius 1 is 1.14 bits per heavy atom. The van der Waals surface area contributed by atoms with Crippen molar-refractivity contribution < 1.29 is 0 Å². The molecule has 7 heteroatoms. The van der Waals surface area contributed by atoms with Gasteiger partial charge in [-0.05, 0) is 80.2 Å². The van der Waals surface area contributed by atoms with E-state index in [0.29, 0.717) is 0 Å². The summed E-state index contributed by atoms with van der Waals surface area (Å²) >= 11 is 0. The minimum absolute atomic E-state index is 0.0549. The number of nitrogens with zero attached hydrogens (tertiary/aromatic N) is 6. The van der Waals surface area contributed by atoms with Gasteiger partial charge in [-0.3, -0.25) is 0 Å². The highest BCUT2D eigenvalue weighted by atomic mass is 15.6. The van der Waals surface area contributed by atoms with Gasteiger partial charge in [0.05, 0.1) is 17.4 Å². The molecule has 4 saturated carbocycles. The Morgan fingerprint density at radius 3 is 2.76 bits per heavy atom. The molecule has 2 unspecified atom stereocenters. The summed E-state index contributed by atoms with van der Waals surface area (Å²) in [6.07, 6.45) is 13.1. The molecule has 3 aromatic rings. The summed E-state index contributed by atoms with van der Waals surface area (Å²) in [7, 11) is 0. The maximum Gasteiger partial charge on any atom is 0.162 e. The van der Waals surface area contributed by atoms with Gasteiger partial charge in [-0.1, -0.05) is 12.1 Å². The highest BCUT2D eigenvalue weighted by Gasteiger charge is 2.59. The first-order valence-corrected chi connectivity index (χ1v) is 10.7. The van der Waals surface area contributed by atoms with Gasteiger partial charge in [0.15, 0.2) is 6.33 Å². The highest BCUT2D eigenvalue weighted by Crippen LogP contribution is 2.60. The molecule has 4 bridgehead atoms. The number of aryl methyl sites for hydroxylation is 1. The molecule has 2 heterocycles. The molecule has 0 radical (unpaired) electrons. The fourth-order valence-corrected chi connectivity index (χ4v) is 6.69. The molecule has 4 fully saturated rings. The summed E-state index contributed by atoms with van der Waals surface area (Å²) < 4.78 is 1.98. The molecular formula is C22H27N7. The molecule has 1 aromatic carbocycles. The van der Waals surface area contributed by atoms with Crippen LogP contribution in [0.15, 0.2) is 43.0 Å². The van der Waals surface area contributed by atoms with Gasteiger partial charge in [-0.15, -0.1) is 10.2 Å². The Labute approximate surface area is 170 Å². The lowest BCUT2D eigenvalue weighted by Gasteiger charge is -2.61. The Morgan fingerprint density at radius 2 is 2.00 bits per heavy atom. The van der Waals surface area contributed by atoms with Gasteiger partial charge >= 0.3 is 0 Å². The molecule has 0 aliphatic heterocycles. The van der Waals surface area contributed by atoms with Crippen LogP contribution in [-0.4, -0.2) is 35.5 Å². The average molecular weight is 390 g/mol. The normalized spacial score (nSPS) is 32.7. The van der Waals surface area contributed by atoms with Crippen molar-refractivity contribution in [2.45, 2.75) is 63.1 Å². The molecule has 29 heavy (non-hydrogen) atoms. The van der Waals surface area contributed by atoms with Crippen LogP contribution in [0.5, 0.6) is 0 Å². The van der Waals surface area contributed by atoms with Crippen LogP contribution in [0.2, 0.25) is 0 Å². The van der Waals surface area contributed by atoms with E-state index in [4.69, 9.17) is 0 Å². The van der Waals surface area contributed by atoms with Crippen LogP contribution in [0.3, 0.4) is 0 Å². The average Bonchev–Trinajstić information content (AvgIpc) is 3.38. The van der Waals surface area contributed by atoms with E-state index in [1.54, 1.807) is 6.33 Å². The molecule has 7 rings (SSSR count). The summed E-state index contributed by atoms with van der Waals surface area (Å²) in [5, 5.41) is 21.3. The van der Waals surface area contributed by atoms with E-state index < -0.39 is 0 Å². The molecule has 2 atom stereocenters. The number of aromatic nitrogens is 6. The topological polar surface area (TPSA) is 73.5 Å². The Kier molecular flexibility index (Phi) is 3.72. The quantitative estimate of drug-likeness (QED) is 0.726. The van der Waals surface area contributed by atoms with Gasteiger partial charge in [0.25, 0.3) is 0 Å². The third-order valence-electron chi connectivity index (χ3n) is 7.37. The van der Waals surface area contributed by atoms with Gasteiger partial charge in [-0.25, -0.2) is 4.68 Å². The summed E-state index contributed by atoms with van der Waals surface area (Å²) in [6.45, 7) is 2.97. The van der Waals surface area contributed by atoms with Gasteiger partial charge in [0, 0.05) is 23.8 Å². The van der Waals surface area contributed by atoms with E-state index in [1.807, 2.05) is 15.7 Å². The van der Waals surface area contributed by atoms with Crippen molar-refractivity contribution in [2.24, 2.45) is 11.8 Å². The summed E-state index contributed by atoms with van der Waals surface area (Å²) in [5.41, 5.74) is 3.83. The SMILES string of the molecule is Cc1cccc(-n2cc(CNC34CC5CC(C3)CC(n3ncnn3)(C5)C4)cn2)c1. The summed E-state index contributed by atoms with van der Waals surface area (Å²) in [5.74, 6) is 1.54. The van der Waals surface area contributed by atoms with E-state index in [-0.39, 0.29) is 11.1 Å². The zero-order valence-electron chi connectivity index (χ0n) is 16.8. The fraction of sp³-hybridized carbons (Fsp3) is 0.545. The second kappa shape index (κ2) is 6.23. The van der Waals surface area contributed by atoms with Crippen molar-refractivity contribution in [3.8, 4) is 5.69 Å². The predicted octanol–water partition coefficient (Wildman–Crippen LogP) is 3.00. The number of nitrogens with one attached hydrogen (secondary N) is 1. The zero-order chi connectivity index (χ0) is 19.5. The number of benzene rings is 1. The van der Waals surface area contributed by atoms with Crippen molar-refractivity contribution in [3.05, 3.63) is 54.1 Å². The second-order valence-corrected chi connectivity index (χ2v) is 9.68. The van der Waals surface area contributed by atoms with E-state index in [2.05, 4.69) is 63.2 Å². The monoisotopic (exact) mass is 389 g/mol. The van der Waals surface area contributed by atoms with E-state index >= 15 is 0 Å². The molecule has 1 N–H and O–H groups in total. The maximum absolute atomic E-state index is 4.59. The number of hydrogen-bond acceptors (Lipinski definition) is 5. The number of tetrazole rings is 1. The molecule has 4 aliphatic rings. The van der Waals surface area contributed by atoms with E-state index in [0.717, 1.165) is 30.5 Å². The van der Waals surface area contributed by atoms with E-state index in [9.17, 15) is 0 Å². The molecule has 0 amide bonds. The van der Waals surface area contributed by atoms with Crippen LogP contribution in [0, 0.1) is 18.8 Å². The van der Waals surface area contributed by atoms with Crippen molar-refractivity contribution in [2.75, 3.05) is 0 Å². The van der Waals surface area contributed by atoms with Crippen molar-refractivity contribution >= 4 is 0 Å². The number of hydrogen-bond donors (Lipinski definition) is 1. The predicted molar refractivity (Wildman–Crippen MR) is 108 cm³/mol. The van der Waals surface area contributed by atoms with Crippen molar-refractivity contribution in [1.29, 1.82) is 0 Å². The highest BCUT2D eigenvalue weighted by molar-refractivity contribution is 5.35. The summed E-state index contributed by atoms with van der Waals surface area (Å²) in [4.78, 5) is 1.93. The van der Waals surface area contributed by atoms with Gasteiger partial charge in [0.1, 0.15) is 0 Å². The van der Waals surface area contributed by atoms with Crippen molar-refractivity contribution in [1.82, 2.24) is 35.3 Å². The number of rotatable bonds is 5. The molecule has 2 aromatic heterocycles. The Hall–Kier alpha value is -2.54. The molecule has 0 saturated heterocycles. The first-order valence-electron chi connectivity index (χ1n) is 10.7. The minimum Gasteiger partial charge on any atom is -0.307 e. The minimum atomic E-state index is 0.0549. The molecule has 4 aliphatic carbocycles.